The van der Waals surface area contributed by atoms with Gasteiger partial charge in [0.2, 0.25) is 0 Å². The smallest absolute Gasteiger partial charge is 0.316 e. The SMILES string of the molecule is CCN(Cc1ccc(OC)cc1)C(=O)c1ccccc1SC(C)C(=O)O. The van der Waals surface area contributed by atoms with E-state index in [1.807, 2.05) is 37.3 Å². The van der Waals surface area contributed by atoms with Gasteiger partial charge in [-0.1, -0.05) is 24.3 Å². The molecule has 0 spiro atoms. The highest BCUT2D eigenvalue weighted by Gasteiger charge is 2.21. The van der Waals surface area contributed by atoms with Gasteiger partial charge in [0.15, 0.2) is 0 Å². The molecule has 1 unspecified atom stereocenters. The Morgan fingerprint density at radius 1 is 1.15 bits per heavy atom. The van der Waals surface area contributed by atoms with Gasteiger partial charge in [-0.2, -0.15) is 0 Å². The first-order valence-corrected chi connectivity index (χ1v) is 9.25. The summed E-state index contributed by atoms with van der Waals surface area (Å²) in [5.41, 5.74) is 1.53. The number of ether oxygens (including phenoxy) is 1. The average molecular weight is 373 g/mol. The van der Waals surface area contributed by atoms with Crippen molar-refractivity contribution in [3.05, 3.63) is 59.7 Å². The molecule has 0 saturated heterocycles. The third-order valence-electron chi connectivity index (χ3n) is 3.97. The van der Waals surface area contributed by atoms with Gasteiger partial charge in [-0.25, -0.2) is 0 Å². The van der Waals surface area contributed by atoms with Gasteiger partial charge in [-0.15, -0.1) is 11.8 Å². The van der Waals surface area contributed by atoms with Crippen molar-refractivity contribution < 1.29 is 19.4 Å². The number of hydrogen-bond donors (Lipinski definition) is 1. The monoisotopic (exact) mass is 373 g/mol. The fourth-order valence-corrected chi connectivity index (χ4v) is 3.36. The third-order valence-corrected chi connectivity index (χ3v) is 5.14. The fraction of sp³-hybridized carbons (Fsp3) is 0.300. The van der Waals surface area contributed by atoms with E-state index in [-0.39, 0.29) is 5.91 Å². The summed E-state index contributed by atoms with van der Waals surface area (Å²) in [6, 6.07) is 14.7. The van der Waals surface area contributed by atoms with Crippen molar-refractivity contribution >= 4 is 23.6 Å². The Morgan fingerprint density at radius 3 is 2.38 bits per heavy atom. The van der Waals surface area contributed by atoms with Crippen molar-refractivity contribution in [1.82, 2.24) is 4.90 Å². The average Bonchev–Trinajstić information content (AvgIpc) is 2.66. The Kier molecular flexibility index (Phi) is 7.09. The number of carboxylic acid groups (broad SMARTS) is 1. The maximum absolute atomic E-state index is 13.0. The second-order valence-electron chi connectivity index (χ2n) is 5.76. The maximum atomic E-state index is 13.0. The molecule has 2 aromatic carbocycles. The van der Waals surface area contributed by atoms with Gasteiger partial charge in [0, 0.05) is 18.0 Å². The number of methoxy groups -OCH3 is 1. The van der Waals surface area contributed by atoms with E-state index in [0.29, 0.717) is 23.5 Å². The number of amides is 1. The van der Waals surface area contributed by atoms with E-state index in [2.05, 4.69) is 0 Å². The molecular weight excluding hydrogens is 350 g/mol. The number of benzene rings is 2. The van der Waals surface area contributed by atoms with Crippen molar-refractivity contribution in [2.75, 3.05) is 13.7 Å². The summed E-state index contributed by atoms with van der Waals surface area (Å²) in [5.74, 6) is -0.237. The molecule has 2 rings (SSSR count). The number of rotatable bonds is 8. The van der Waals surface area contributed by atoms with Crippen LogP contribution in [-0.2, 0) is 11.3 Å². The molecule has 0 aliphatic carbocycles. The van der Waals surface area contributed by atoms with E-state index in [9.17, 15) is 9.59 Å². The van der Waals surface area contributed by atoms with E-state index >= 15 is 0 Å². The number of carboxylic acids is 1. The largest absolute Gasteiger partial charge is 0.497 e. The quantitative estimate of drug-likeness (QED) is 0.711. The minimum absolute atomic E-state index is 0.107. The van der Waals surface area contributed by atoms with Gasteiger partial charge in [0.1, 0.15) is 11.0 Å². The lowest BCUT2D eigenvalue weighted by Crippen LogP contribution is -2.30. The first-order valence-electron chi connectivity index (χ1n) is 8.37. The molecule has 0 bridgehead atoms. The molecule has 0 aliphatic heterocycles. The standard InChI is InChI=1S/C20H23NO4S/c1-4-21(13-15-9-11-16(25-3)12-10-15)19(22)17-7-5-6-8-18(17)26-14(2)20(23)24/h5-12,14H,4,13H2,1-3H3,(H,23,24). The van der Waals surface area contributed by atoms with E-state index in [1.54, 1.807) is 37.1 Å². The van der Waals surface area contributed by atoms with Crippen LogP contribution >= 0.6 is 11.8 Å². The highest BCUT2D eigenvalue weighted by atomic mass is 32.2. The number of hydrogen-bond acceptors (Lipinski definition) is 4. The third kappa shape index (κ3) is 5.02. The molecular formula is C20H23NO4S. The Balaban J connectivity index is 2.20. The Labute approximate surface area is 158 Å². The first-order chi connectivity index (χ1) is 12.5. The van der Waals surface area contributed by atoms with Crippen molar-refractivity contribution in [2.45, 2.75) is 30.5 Å². The van der Waals surface area contributed by atoms with E-state index in [0.717, 1.165) is 11.3 Å². The van der Waals surface area contributed by atoms with Crippen LogP contribution < -0.4 is 4.74 Å². The summed E-state index contributed by atoms with van der Waals surface area (Å²) in [4.78, 5) is 26.6. The van der Waals surface area contributed by atoms with Gasteiger partial charge in [-0.3, -0.25) is 9.59 Å². The molecule has 0 heterocycles. The van der Waals surface area contributed by atoms with Crippen LogP contribution in [-0.4, -0.2) is 40.8 Å². The van der Waals surface area contributed by atoms with Gasteiger partial charge >= 0.3 is 5.97 Å². The van der Waals surface area contributed by atoms with Crippen molar-refractivity contribution in [3.8, 4) is 5.75 Å². The van der Waals surface area contributed by atoms with Crippen molar-refractivity contribution in [1.29, 1.82) is 0 Å². The number of nitrogens with zero attached hydrogens (tertiary/aromatic N) is 1. The molecule has 26 heavy (non-hydrogen) atoms. The van der Waals surface area contributed by atoms with E-state index in [4.69, 9.17) is 9.84 Å². The van der Waals surface area contributed by atoms with Crippen LogP contribution in [0.5, 0.6) is 5.75 Å². The van der Waals surface area contributed by atoms with Crippen LogP contribution in [0.25, 0.3) is 0 Å². The van der Waals surface area contributed by atoms with Crippen LogP contribution in [0, 0.1) is 0 Å². The number of aliphatic carboxylic acids is 1. The van der Waals surface area contributed by atoms with Crippen LogP contribution in [0.15, 0.2) is 53.4 Å². The van der Waals surface area contributed by atoms with Gasteiger partial charge in [-0.05, 0) is 43.7 Å². The number of carbonyl (C=O) groups excluding carboxylic acids is 1. The van der Waals surface area contributed by atoms with Crippen molar-refractivity contribution in [3.63, 3.8) is 0 Å². The van der Waals surface area contributed by atoms with Gasteiger partial charge in [0.25, 0.3) is 5.91 Å². The van der Waals surface area contributed by atoms with Crippen LogP contribution in [0.2, 0.25) is 0 Å². The van der Waals surface area contributed by atoms with Crippen LogP contribution in [0.1, 0.15) is 29.8 Å². The minimum atomic E-state index is -0.900. The molecule has 1 N–H and O–H groups in total. The summed E-state index contributed by atoms with van der Waals surface area (Å²) in [6.07, 6.45) is 0. The molecule has 0 aromatic heterocycles. The zero-order valence-electron chi connectivity index (χ0n) is 15.1. The Morgan fingerprint density at radius 2 is 1.81 bits per heavy atom. The molecule has 2 aromatic rings. The Bertz CT molecular complexity index is 761. The first kappa shape index (κ1) is 19.8. The molecule has 0 radical (unpaired) electrons. The maximum Gasteiger partial charge on any atom is 0.316 e. The van der Waals surface area contributed by atoms with Gasteiger partial charge in [0.05, 0.1) is 12.7 Å². The predicted molar refractivity (Wildman–Crippen MR) is 103 cm³/mol. The molecule has 1 amide bonds. The molecule has 6 heteroatoms. The topological polar surface area (TPSA) is 66.8 Å². The minimum Gasteiger partial charge on any atom is -0.497 e. The summed E-state index contributed by atoms with van der Waals surface area (Å²) >= 11 is 1.18. The van der Waals surface area contributed by atoms with Crippen molar-refractivity contribution in [2.24, 2.45) is 0 Å². The normalized spacial score (nSPS) is 11.7. The molecule has 1 atom stereocenters. The molecule has 138 valence electrons. The summed E-state index contributed by atoms with van der Waals surface area (Å²) < 4.78 is 5.16. The summed E-state index contributed by atoms with van der Waals surface area (Å²) in [7, 11) is 1.61. The van der Waals surface area contributed by atoms with E-state index in [1.165, 1.54) is 11.8 Å². The number of thioether (sulfide) groups is 1. The lowest BCUT2D eigenvalue weighted by molar-refractivity contribution is -0.136. The molecule has 0 fully saturated rings. The Hall–Kier alpha value is -2.47. The number of carbonyl (C=O) groups is 2. The lowest BCUT2D eigenvalue weighted by Gasteiger charge is -2.23. The van der Waals surface area contributed by atoms with E-state index < -0.39 is 11.2 Å². The predicted octanol–water partition coefficient (Wildman–Crippen LogP) is 3.92. The van der Waals surface area contributed by atoms with Crippen LogP contribution in [0.3, 0.4) is 0 Å². The molecule has 0 aliphatic rings. The van der Waals surface area contributed by atoms with Gasteiger partial charge < -0.3 is 14.7 Å². The zero-order chi connectivity index (χ0) is 19.1. The van der Waals surface area contributed by atoms with Crippen LogP contribution in [0.4, 0.5) is 0 Å². The highest BCUT2D eigenvalue weighted by Crippen LogP contribution is 2.28. The fourth-order valence-electron chi connectivity index (χ4n) is 2.44. The highest BCUT2D eigenvalue weighted by molar-refractivity contribution is 8.00. The summed E-state index contributed by atoms with van der Waals surface area (Å²) in [5, 5.41) is 8.51. The zero-order valence-corrected chi connectivity index (χ0v) is 16.0. The lowest BCUT2D eigenvalue weighted by atomic mass is 10.1. The second kappa shape index (κ2) is 9.29. The second-order valence-corrected chi connectivity index (χ2v) is 7.14. The molecule has 5 nitrogen and oxygen atoms in total. The molecule has 0 saturated carbocycles. The summed E-state index contributed by atoms with van der Waals surface area (Å²) in [6.45, 7) is 4.57.